The fraction of sp³-hybridized carbons (Fsp3) is 0.567. The minimum absolute atomic E-state index is 0.00992. The smallest absolute Gasteiger partial charge is 0.306 e. The van der Waals surface area contributed by atoms with Crippen molar-refractivity contribution >= 4 is 34.6 Å². The molecule has 9 heteroatoms. The van der Waals surface area contributed by atoms with Crippen molar-refractivity contribution in [2.75, 3.05) is 0 Å². The zero-order valence-corrected chi connectivity index (χ0v) is 23.2. The standard InChI is InChI=1S/C30H33F3O5S/c1-5-22(35)38-30(26(37)39)15(2)11-18-19-12-20(31)23-24(32)25(36)17(16-9-7-6-8-10-16)13-28(23,4)29(19,33)21(34)14-27(18,30)3/h6-10,13,15,18-21,34H,5,11-12,14H2,1-4H3,(H,37,39)/t15-,18+,19+,20+,21+,27+,28+,29+,30+/m1/s1. The number of hydrogen-bond donors (Lipinski definition) is 2. The molecule has 5 nitrogen and oxygen atoms in total. The van der Waals surface area contributed by atoms with E-state index >= 15 is 13.2 Å². The Labute approximate surface area is 231 Å². The van der Waals surface area contributed by atoms with Crippen molar-refractivity contribution in [3.63, 3.8) is 0 Å². The minimum atomic E-state index is -2.56. The molecule has 4 aliphatic carbocycles. The summed E-state index contributed by atoms with van der Waals surface area (Å²) in [5, 5.41) is 21.9. The van der Waals surface area contributed by atoms with Crippen LogP contribution in [0.3, 0.4) is 0 Å². The predicted molar refractivity (Wildman–Crippen MR) is 143 cm³/mol. The monoisotopic (exact) mass is 562 g/mol. The summed E-state index contributed by atoms with van der Waals surface area (Å²) in [6.07, 6.45) is -2.99. The lowest BCUT2D eigenvalue weighted by atomic mass is 9.44. The maximum Gasteiger partial charge on any atom is 0.306 e. The molecule has 0 aliphatic heterocycles. The molecule has 2 N–H and O–H groups in total. The molecule has 1 aromatic carbocycles. The third-order valence-electron chi connectivity index (χ3n) is 10.3. The Balaban J connectivity index is 1.70. The molecule has 39 heavy (non-hydrogen) atoms. The normalized spacial score (nSPS) is 43.2. The van der Waals surface area contributed by atoms with Crippen molar-refractivity contribution in [3.8, 4) is 0 Å². The topological polar surface area (TPSA) is 83.8 Å². The molecular formula is C30H33F3O5S. The Morgan fingerprint density at radius 1 is 1.18 bits per heavy atom. The molecule has 0 spiro atoms. The van der Waals surface area contributed by atoms with Gasteiger partial charge < -0.3 is 14.9 Å². The number of Topliss-reactive ketones (excluding diaryl/α,β-unsaturated/α-hetero) is 1. The second kappa shape index (κ2) is 8.99. The first-order valence-electron chi connectivity index (χ1n) is 13.4. The number of carbonyl (C=O) groups excluding carboxylic acids is 2. The molecule has 3 saturated carbocycles. The molecule has 0 heterocycles. The number of hydrogen-bond acceptors (Lipinski definition) is 5. The number of benzene rings is 1. The van der Waals surface area contributed by atoms with E-state index in [1.54, 1.807) is 51.1 Å². The fourth-order valence-corrected chi connectivity index (χ4v) is 9.01. The lowest BCUT2D eigenvalue weighted by Gasteiger charge is -2.63. The van der Waals surface area contributed by atoms with E-state index in [2.05, 4.69) is 0 Å². The molecule has 4 aliphatic rings. The van der Waals surface area contributed by atoms with Crippen molar-refractivity contribution in [1.29, 1.82) is 0 Å². The molecule has 0 radical (unpaired) electrons. The number of esters is 1. The van der Waals surface area contributed by atoms with Crippen LogP contribution in [0.25, 0.3) is 5.57 Å². The summed E-state index contributed by atoms with van der Waals surface area (Å²) in [5.41, 5.74) is -7.77. The highest BCUT2D eigenvalue weighted by Gasteiger charge is 2.78. The summed E-state index contributed by atoms with van der Waals surface area (Å²) >= 11 is 5.22. The van der Waals surface area contributed by atoms with Gasteiger partial charge in [-0.05, 0) is 49.9 Å². The summed E-state index contributed by atoms with van der Waals surface area (Å²) in [5.74, 6) is -5.34. The van der Waals surface area contributed by atoms with Gasteiger partial charge in [0.2, 0.25) is 10.8 Å². The van der Waals surface area contributed by atoms with Crippen LogP contribution in [0.5, 0.6) is 0 Å². The number of ether oxygens (including phenoxy) is 1. The summed E-state index contributed by atoms with van der Waals surface area (Å²) in [6.45, 7) is 6.36. The summed E-state index contributed by atoms with van der Waals surface area (Å²) in [7, 11) is 0. The number of halogens is 3. The second-order valence-electron chi connectivity index (χ2n) is 12.0. The molecule has 5 rings (SSSR count). The van der Waals surface area contributed by atoms with Crippen LogP contribution < -0.4 is 0 Å². The van der Waals surface area contributed by atoms with E-state index in [-0.39, 0.29) is 24.8 Å². The van der Waals surface area contributed by atoms with Gasteiger partial charge in [0.25, 0.3) is 0 Å². The van der Waals surface area contributed by atoms with Crippen LogP contribution in [0.1, 0.15) is 58.9 Å². The third-order valence-corrected chi connectivity index (χ3v) is 10.6. The van der Waals surface area contributed by atoms with Crippen molar-refractivity contribution in [2.24, 2.45) is 28.6 Å². The number of aliphatic hydroxyl groups is 2. The Hall–Kier alpha value is -2.52. The van der Waals surface area contributed by atoms with E-state index in [1.165, 1.54) is 13.0 Å². The van der Waals surface area contributed by atoms with Gasteiger partial charge in [0.1, 0.15) is 6.17 Å². The summed E-state index contributed by atoms with van der Waals surface area (Å²) in [4.78, 5) is 25.6. The molecule has 0 amide bonds. The fourth-order valence-electron chi connectivity index (χ4n) is 8.53. The van der Waals surface area contributed by atoms with Crippen LogP contribution in [0.4, 0.5) is 13.2 Å². The van der Waals surface area contributed by atoms with Gasteiger partial charge in [0, 0.05) is 34.8 Å². The quantitative estimate of drug-likeness (QED) is 0.349. The lowest BCUT2D eigenvalue weighted by Crippen LogP contribution is -2.71. The van der Waals surface area contributed by atoms with E-state index in [0.717, 1.165) is 0 Å². The van der Waals surface area contributed by atoms with Gasteiger partial charge in [0.15, 0.2) is 17.1 Å². The van der Waals surface area contributed by atoms with Gasteiger partial charge >= 0.3 is 5.97 Å². The maximum absolute atomic E-state index is 17.8. The van der Waals surface area contributed by atoms with Gasteiger partial charge in [-0.1, -0.05) is 57.2 Å². The second-order valence-corrected chi connectivity index (χ2v) is 12.4. The van der Waals surface area contributed by atoms with Gasteiger partial charge in [0.05, 0.1) is 11.5 Å². The highest BCUT2D eigenvalue weighted by molar-refractivity contribution is 7.80. The van der Waals surface area contributed by atoms with Crippen molar-refractivity contribution in [1.82, 2.24) is 0 Å². The molecule has 0 unspecified atom stereocenters. The molecule has 0 bridgehead atoms. The van der Waals surface area contributed by atoms with Gasteiger partial charge in [-0.25, -0.2) is 13.2 Å². The SMILES string of the molecule is CCC(=O)O[C@]1(C(O)=S)[C@H](C)C[C@H]2[C@@H]3C[C@H](F)C4=C(F)C(=O)C(c5ccccc5)=C[C@]4(C)[C@@]3(F)[C@@H](O)C[C@@]21C. The van der Waals surface area contributed by atoms with E-state index in [9.17, 15) is 19.8 Å². The number of ketones is 1. The third kappa shape index (κ3) is 3.38. The van der Waals surface area contributed by atoms with E-state index in [4.69, 9.17) is 17.0 Å². The van der Waals surface area contributed by atoms with Gasteiger partial charge in [-0.15, -0.1) is 0 Å². The van der Waals surface area contributed by atoms with Crippen LogP contribution in [0, 0.1) is 28.6 Å². The van der Waals surface area contributed by atoms with Crippen molar-refractivity contribution < 1.29 is 37.7 Å². The van der Waals surface area contributed by atoms with Crippen LogP contribution >= 0.6 is 12.2 Å². The maximum atomic E-state index is 17.8. The molecule has 9 atom stereocenters. The van der Waals surface area contributed by atoms with Gasteiger partial charge in [-0.2, -0.15) is 0 Å². The molecule has 0 saturated heterocycles. The first-order valence-corrected chi connectivity index (χ1v) is 13.8. The van der Waals surface area contributed by atoms with Crippen molar-refractivity contribution in [3.05, 3.63) is 53.4 Å². The van der Waals surface area contributed by atoms with Crippen LogP contribution in [-0.4, -0.2) is 50.6 Å². The molecule has 1 aromatic rings. The van der Waals surface area contributed by atoms with Crippen LogP contribution in [0.2, 0.25) is 0 Å². The number of allylic oxidation sites excluding steroid dienone is 4. The van der Waals surface area contributed by atoms with E-state index < -0.39 is 86.8 Å². The first kappa shape index (κ1) is 28.0. The number of thiocarbonyl (C=S) groups is 1. The Morgan fingerprint density at radius 3 is 2.41 bits per heavy atom. The average Bonchev–Trinajstić information content (AvgIpc) is 3.10. The van der Waals surface area contributed by atoms with Gasteiger partial charge in [-0.3, -0.25) is 9.59 Å². The highest BCUT2D eigenvalue weighted by atomic mass is 32.1. The number of fused-ring (bicyclic) bond motifs is 5. The number of alkyl halides is 2. The summed E-state index contributed by atoms with van der Waals surface area (Å²) in [6, 6.07) is 8.22. The van der Waals surface area contributed by atoms with Crippen LogP contribution in [0.15, 0.2) is 47.8 Å². The molecule has 3 fully saturated rings. The largest absolute Gasteiger partial charge is 0.499 e. The number of aliphatic hydroxyl groups excluding tert-OH is 2. The zero-order valence-electron chi connectivity index (χ0n) is 22.3. The Kier molecular flexibility index (Phi) is 6.46. The Bertz CT molecular complexity index is 1310. The highest BCUT2D eigenvalue weighted by Crippen LogP contribution is 2.72. The Morgan fingerprint density at radius 2 is 1.82 bits per heavy atom. The average molecular weight is 563 g/mol. The zero-order chi connectivity index (χ0) is 28.7. The number of rotatable bonds is 4. The van der Waals surface area contributed by atoms with E-state index in [0.29, 0.717) is 5.56 Å². The van der Waals surface area contributed by atoms with Crippen LogP contribution in [-0.2, 0) is 14.3 Å². The molecule has 0 aromatic heterocycles. The van der Waals surface area contributed by atoms with Crippen molar-refractivity contribution in [2.45, 2.75) is 76.9 Å². The van der Waals surface area contributed by atoms with E-state index in [1.807, 2.05) is 0 Å². The molecule has 210 valence electrons. The lowest BCUT2D eigenvalue weighted by molar-refractivity contribution is -0.222. The summed E-state index contributed by atoms with van der Waals surface area (Å²) < 4.78 is 55.4. The predicted octanol–water partition coefficient (Wildman–Crippen LogP) is 5.95. The first-order chi connectivity index (χ1) is 18.2. The minimum Gasteiger partial charge on any atom is -0.499 e. The molecular weight excluding hydrogens is 529 g/mol. The number of carbonyl (C=O) groups is 2.